The number of piperidine rings is 1. The highest BCUT2D eigenvalue weighted by Crippen LogP contribution is 2.36. The number of carbonyl (C=O) groups is 1. The maximum Gasteiger partial charge on any atom is 0.208 e. The molecule has 1 N–H and O–H groups in total. The third-order valence-electron chi connectivity index (χ3n) is 3.96. The summed E-state index contributed by atoms with van der Waals surface area (Å²) in [5.74, 6) is 0.566. The van der Waals surface area contributed by atoms with Gasteiger partial charge in [0.1, 0.15) is 0 Å². The van der Waals surface area contributed by atoms with Crippen molar-refractivity contribution in [3.05, 3.63) is 60.1 Å². The van der Waals surface area contributed by atoms with Gasteiger partial charge in [-0.05, 0) is 43.6 Å². The van der Waals surface area contributed by atoms with Crippen molar-refractivity contribution in [3.8, 4) is 0 Å². The van der Waals surface area contributed by atoms with Gasteiger partial charge < -0.3 is 9.73 Å². The van der Waals surface area contributed by atoms with Crippen LogP contribution in [0.3, 0.4) is 0 Å². The largest absolute Gasteiger partial charge is 0.461 e. The van der Waals surface area contributed by atoms with Crippen LogP contribution in [-0.4, -0.2) is 18.9 Å². The molecule has 98 valence electrons. The molecule has 3 heteroatoms. The van der Waals surface area contributed by atoms with Crippen molar-refractivity contribution in [1.29, 1.82) is 0 Å². The SMILES string of the molecule is O=C(c1ccco1)C1(c2ccccc2)CCNCC1. The van der Waals surface area contributed by atoms with Crippen LogP contribution >= 0.6 is 0 Å². The van der Waals surface area contributed by atoms with Crippen LogP contribution in [0.25, 0.3) is 0 Å². The van der Waals surface area contributed by atoms with Crippen molar-refractivity contribution in [2.75, 3.05) is 13.1 Å². The first-order valence-corrected chi connectivity index (χ1v) is 6.67. The Labute approximate surface area is 112 Å². The van der Waals surface area contributed by atoms with Gasteiger partial charge in [0.15, 0.2) is 5.76 Å². The molecule has 1 aliphatic heterocycles. The fraction of sp³-hybridized carbons (Fsp3) is 0.312. The molecule has 1 aromatic carbocycles. The van der Waals surface area contributed by atoms with E-state index in [-0.39, 0.29) is 5.78 Å². The number of ketones is 1. The van der Waals surface area contributed by atoms with Gasteiger partial charge in [-0.25, -0.2) is 0 Å². The van der Waals surface area contributed by atoms with Crippen LogP contribution in [0.5, 0.6) is 0 Å². The fourth-order valence-electron chi connectivity index (χ4n) is 2.90. The number of Topliss-reactive ketones (excluding diaryl/α,β-unsaturated/α-hetero) is 1. The van der Waals surface area contributed by atoms with E-state index < -0.39 is 5.41 Å². The molecule has 3 nitrogen and oxygen atoms in total. The van der Waals surface area contributed by atoms with E-state index in [1.165, 1.54) is 0 Å². The normalized spacial score (nSPS) is 18.1. The average molecular weight is 255 g/mol. The third kappa shape index (κ3) is 2.10. The van der Waals surface area contributed by atoms with Gasteiger partial charge in [0.05, 0.1) is 11.7 Å². The van der Waals surface area contributed by atoms with E-state index in [0.717, 1.165) is 31.5 Å². The predicted molar refractivity (Wildman–Crippen MR) is 73.3 cm³/mol. The molecule has 0 bridgehead atoms. The van der Waals surface area contributed by atoms with Crippen LogP contribution in [0.1, 0.15) is 29.0 Å². The molecule has 2 aromatic rings. The number of benzene rings is 1. The average Bonchev–Trinajstić information content (AvgIpc) is 3.02. The molecule has 1 fully saturated rings. The number of carbonyl (C=O) groups excluding carboxylic acids is 1. The van der Waals surface area contributed by atoms with E-state index in [1.807, 2.05) is 30.3 Å². The minimum atomic E-state index is -0.440. The summed E-state index contributed by atoms with van der Waals surface area (Å²) in [5.41, 5.74) is 0.655. The van der Waals surface area contributed by atoms with E-state index >= 15 is 0 Å². The Balaban J connectivity index is 2.04. The quantitative estimate of drug-likeness (QED) is 0.857. The zero-order valence-electron chi connectivity index (χ0n) is 10.8. The van der Waals surface area contributed by atoms with Gasteiger partial charge in [0, 0.05) is 0 Å². The van der Waals surface area contributed by atoms with Crippen LogP contribution in [0, 0.1) is 0 Å². The molecule has 0 aliphatic carbocycles. The van der Waals surface area contributed by atoms with E-state index in [2.05, 4.69) is 5.32 Å². The highest BCUT2D eigenvalue weighted by Gasteiger charge is 2.42. The maximum absolute atomic E-state index is 12.9. The van der Waals surface area contributed by atoms with Crippen molar-refractivity contribution in [2.24, 2.45) is 0 Å². The summed E-state index contributed by atoms with van der Waals surface area (Å²) in [4.78, 5) is 12.9. The summed E-state index contributed by atoms with van der Waals surface area (Å²) in [6.45, 7) is 1.72. The highest BCUT2D eigenvalue weighted by atomic mass is 16.3. The van der Waals surface area contributed by atoms with Crippen LogP contribution in [-0.2, 0) is 5.41 Å². The Bertz CT molecular complexity index is 539. The number of hydrogen-bond acceptors (Lipinski definition) is 3. The molecule has 0 atom stereocenters. The molecule has 3 rings (SSSR count). The first-order valence-electron chi connectivity index (χ1n) is 6.67. The third-order valence-corrected chi connectivity index (χ3v) is 3.96. The molecular formula is C16H17NO2. The van der Waals surface area contributed by atoms with Crippen molar-refractivity contribution in [3.63, 3.8) is 0 Å². The first-order chi connectivity index (χ1) is 9.33. The molecule has 0 saturated carbocycles. The lowest BCUT2D eigenvalue weighted by Gasteiger charge is -2.36. The van der Waals surface area contributed by atoms with Gasteiger partial charge in [-0.3, -0.25) is 4.79 Å². The lowest BCUT2D eigenvalue weighted by atomic mass is 9.69. The van der Waals surface area contributed by atoms with Crippen molar-refractivity contribution < 1.29 is 9.21 Å². The Kier molecular flexibility index (Phi) is 3.22. The Hall–Kier alpha value is -1.87. The second-order valence-electron chi connectivity index (χ2n) is 5.00. The van der Waals surface area contributed by atoms with Crippen LogP contribution in [0.2, 0.25) is 0 Å². The number of rotatable bonds is 3. The van der Waals surface area contributed by atoms with Crippen molar-refractivity contribution in [1.82, 2.24) is 5.32 Å². The van der Waals surface area contributed by atoms with Gasteiger partial charge >= 0.3 is 0 Å². The molecule has 1 aromatic heterocycles. The second kappa shape index (κ2) is 5.02. The molecular weight excluding hydrogens is 238 g/mol. The second-order valence-corrected chi connectivity index (χ2v) is 5.00. The smallest absolute Gasteiger partial charge is 0.208 e. The summed E-state index contributed by atoms with van der Waals surface area (Å²) in [7, 11) is 0. The van der Waals surface area contributed by atoms with Gasteiger partial charge in [0.25, 0.3) is 0 Å². The summed E-state index contributed by atoms with van der Waals surface area (Å²) in [6, 6.07) is 13.6. The fourth-order valence-corrected chi connectivity index (χ4v) is 2.90. The Morgan fingerprint density at radius 1 is 1.05 bits per heavy atom. The van der Waals surface area contributed by atoms with Gasteiger partial charge in [0.2, 0.25) is 5.78 Å². The lowest BCUT2D eigenvalue weighted by Crippen LogP contribution is -2.45. The standard InChI is InChI=1S/C16H17NO2/c18-15(14-7-4-12-19-14)16(8-10-17-11-9-16)13-5-2-1-3-6-13/h1-7,12,17H,8-11H2. The summed E-state index contributed by atoms with van der Waals surface area (Å²) in [6.07, 6.45) is 3.19. The zero-order valence-corrected chi connectivity index (χ0v) is 10.8. The van der Waals surface area contributed by atoms with E-state index in [0.29, 0.717) is 5.76 Å². The number of hydrogen-bond donors (Lipinski definition) is 1. The Morgan fingerprint density at radius 2 is 1.79 bits per heavy atom. The van der Waals surface area contributed by atoms with Crippen LogP contribution in [0.15, 0.2) is 53.1 Å². The van der Waals surface area contributed by atoms with Crippen LogP contribution in [0.4, 0.5) is 0 Å². The zero-order chi connectivity index (χ0) is 13.1. The minimum absolute atomic E-state index is 0.102. The van der Waals surface area contributed by atoms with Crippen LogP contribution < -0.4 is 5.32 Å². The maximum atomic E-state index is 12.9. The van der Waals surface area contributed by atoms with E-state index in [4.69, 9.17) is 4.42 Å². The molecule has 2 heterocycles. The molecule has 19 heavy (non-hydrogen) atoms. The summed E-state index contributed by atoms with van der Waals surface area (Å²) in [5, 5.41) is 3.33. The van der Waals surface area contributed by atoms with E-state index in [1.54, 1.807) is 18.4 Å². The van der Waals surface area contributed by atoms with Crippen molar-refractivity contribution >= 4 is 5.78 Å². The van der Waals surface area contributed by atoms with Gasteiger partial charge in [-0.1, -0.05) is 30.3 Å². The molecule has 1 aliphatic rings. The first kappa shape index (κ1) is 12.2. The summed E-state index contributed by atoms with van der Waals surface area (Å²) >= 11 is 0. The lowest BCUT2D eigenvalue weighted by molar-refractivity contribution is 0.0817. The monoisotopic (exact) mass is 255 g/mol. The summed E-state index contributed by atoms with van der Waals surface area (Å²) < 4.78 is 5.33. The number of furan rings is 1. The Morgan fingerprint density at radius 3 is 2.42 bits per heavy atom. The molecule has 0 spiro atoms. The topological polar surface area (TPSA) is 42.2 Å². The highest BCUT2D eigenvalue weighted by molar-refractivity contribution is 6.02. The predicted octanol–water partition coefficient (Wildman–Crippen LogP) is 2.78. The minimum Gasteiger partial charge on any atom is -0.461 e. The molecule has 0 unspecified atom stereocenters. The molecule has 1 saturated heterocycles. The molecule has 0 radical (unpaired) electrons. The van der Waals surface area contributed by atoms with E-state index in [9.17, 15) is 4.79 Å². The molecule has 0 amide bonds. The number of nitrogens with one attached hydrogen (secondary N) is 1. The van der Waals surface area contributed by atoms with Gasteiger partial charge in [-0.2, -0.15) is 0 Å². The van der Waals surface area contributed by atoms with Crippen molar-refractivity contribution in [2.45, 2.75) is 18.3 Å². The van der Waals surface area contributed by atoms with Gasteiger partial charge in [-0.15, -0.1) is 0 Å².